The second kappa shape index (κ2) is 7.76. The first-order chi connectivity index (χ1) is 12.5. The number of carbonyl (C=O) groups excluding carboxylic acids is 1. The minimum Gasteiger partial charge on any atom is -0.493 e. The molecule has 0 aliphatic heterocycles. The molecule has 3 rings (SSSR count). The molecule has 1 aliphatic carbocycles. The highest BCUT2D eigenvalue weighted by molar-refractivity contribution is 5.79. The molecule has 1 N–H and O–H groups in total. The average molecular weight is 359 g/mol. The Balaban J connectivity index is 1.81. The Labute approximate surface area is 153 Å². The van der Waals surface area contributed by atoms with Gasteiger partial charge in [0, 0.05) is 11.5 Å². The lowest BCUT2D eigenvalue weighted by Gasteiger charge is -2.27. The number of nitrogens with zero attached hydrogens (tertiary/aromatic N) is 2. The topological polar surface area (TPSA) is 86.5 Å². The minimum absolute atomic E-state index is 0.0702. The van der Waals surface area contributed by atoms with Crippen LogP contribution < -0.4 is 14.8 Å². The van der Waals surface area contributed by atoms with Crippen molar-refractivity contribution in [3.8, 4) is 22.9 Å². The van der Waals surface area contributed by atoms with E-state index in [0.717, 1.165) is 24.8 Å². The van der Waals surface area contributed by atoms with Crippen molar-refractivity contribution in [1.82, 2.24) is 15.5 Å². The molecule has 140 valence electrons. The molecule has 1 aromatic carbocycles. The van der Waals surface area contributed by atoms with Crippen molar-refractivity contribution in [3.63, 3.8) is 0 Å². The predicted molar refractivity (Wildman–Crippen MR) is 95.9 cm³/mol. The first-order valence-corrected chi connectivity index (χ1v) is 8.89. The molecule has 1 fully saturated rings. The average Bonchev–Trinajstić information content (AvgIpc) is 3.06. The Morgan fingerprint density at radius 1 is 1.23 bits per heavy atom. The molecule has 1 aliphatic rings. The van der Waals surface area contributed by atoms with Gasteiger partial charge in [-0.15, -0.1) is 0 Å². The number of ether oxygens (including phenoxy) is 2. The number of benzene rings is 1. The molecule has 0 radical (unpaired) electrons. The summed E-state index contributed by atoms with van der Waals surface area (Å²) in [6, 6.07) is 5.13. The van der Waals surface area contributed by atoms with Crippen LogP contribution in [0.5, 0.6) is 11.5 Å². The largest absolute Gasteiger partial charge is 0.493 e. The van der Waals surface area contributed by atoms with Gasteiger partial charge in [-0.1, -0.05) is 25.4 Å². The Kier molecular flexibility index (Phi) is 5.44. The first-order valence-electron chi connectivity index (χ1n) is 8.89. The molecule has 0 unspecified atom stereocenters. The van der Waals surface area contributed by atoms with E-state index in [1.54, 1.807) is 26.4 Å². The molecule has 26 heavy (non-hydrogen) atoms. The van der Waals surface area contributed by atoms with Crippen molar-refractivity contribution in [2.24, 2.45) is 11.8 Å². The van der Waals surface area contributed by atoms with Crippen LogP contribution in [0.1, 0.15) is 45.0 Å². The maximum atomic E-state index is 12.3. The summed E-state index contributed by atoms with van der Waals surface area (Å²) in [7, 11) is 3.16. The van der Waals surface area contributed by atoms with E-state index >= 15 is 0 Å². The van der Waals surface area contributed by atoms with Gasteiger partial charge in [-0.3, -0.25) is 4.79 Å². The van der Waals surface area contributed by atoms with Gasteiger partial charge >= 0.3 is 0 Å². The summed E-state index contributed by atoms with van der Waals surface area (Å²) < 4.78 is 16.0. The van der Waals surface area contributed by atoms with Crippen LogP contribution in [0.25, 0.3) is 11.4 Å². The summed E-state index contributed by atoms with van der Waals surface area (Å²) in [5, 5.41) is 7.13. The van der Waals surface area contributed by atoms with Crippen molar-refractivity contribution < 1.29 is 18.8 Å². The van der Waals surface area contributed by atoms with Gasteiger partial charge in [-0.25, -0.2) is 0 Å². The third kappa shape index (κ3) is 3.66. The first kappa shape index (κ1) is 18.2. The molecule has 1 atom stereocenters. The number of amides is 1. The standard InChI is InChI=1S/C19H25N3O4/c1-11(2)16(20-18(23)12-6-5-7-12)19-21-17(22-26-19)13-8-9-14(24-3)15(10-13)25-4/h8-12,16H,5-7H2,1-4H3,(H,20,23)/t16-/m0/s1. The van der Waals surface area contributed by atoms with E-state index in [2.05, 4.69) is 15.5 Å². The summed E-state index contributed by atoms with van der Waals surface area (Å²) in [6.45, 7) is 4.04. The maximum Gasteiger partial charge on any atom is 0.249 e. The highest BCUT2D eigenvalue weighted by atomic mass is 16.5. The number of aromatic nitrogens is 2. The van der Waals surface area contributed by atoms with Crippen molar-refractivity contribution in [2.45, 2.75) is 39.2 Å². The molecular weight excluding hydrogens is 334 g/mol. The lowest BCUT2D eigenvalue weighted by molar-refractivity contribution is -0.128. The van der Waals surface area contributed by atoms with Gasteiger partial charge in [-0.2, -0.15) is 4.98 Å². The van der Waals surface area contributed by atoms with Gasteiger partial charge in [0.2, 0.25) is 17.6 Å². The van der Waals surface area contributed by atoms with Gasteiger partial charge < -0.3 is 19.3 Å². The SMILES string of the molecule is COc1ccc(-c2noc([C@@H](NC(=O)C3CCC3)C(C)C)n2)cc1OC. The summed E-state index contributed by atoms with van der Waals surface area (Å²) in [5.41, 5.74) is 0.755. The third-order valence-corrected chi connectivity index (χ3v) is 4.79. The second-order valence-corrected chi connectivity index (χ2v) is 6.88. The molecule has 1 saturated carbocycles. The highest BCUT2D eigenvalue weighted by Gasteiger charge is 2.31. The molecule has 7 heteroatoms. The Morgan fingerprint density at radius 3 is 2.54 bits per heavy atom. The van der Waals surface area contributed by atoms with E-state index in [0.29, 0.717) is 23.2 Å². The molecule has 0 spiro atoms. The number of rotatable bonds is 7. The number of methoxy groups -OCH3 is 2. The second-order valence-electron chi connectivity index (χ2n) is 6.88. The van der Waals surface area contributed by atoms with Crippen LogP contribution in [0.4, 0.5) is 0 Å². The van der Waals surface area contributed by atoms with Crippen LogP contribution in [0.3, 0.4) is 0 Å². The quantitative estimate of drug-likeness (QED) is 0.816. The van der Waals surface area contributed by atoms with E-state index in [9.17, 15) is 4.79 Å². The van der Waals surface area contributed by atoms with Crippen LogP contribution in [0.2, 0.25) is 0 Å². The Hall–Kier alpha value is -2.57. The van der Waals surface area contributed by atoms with Crippen LogP contribution in [0, 0.1) is 11.8 Å². The molecule has 1 amide bonds. The van der Waals surface area contributed by atoms with Crippen LogP contribution in [-0.4, -0.2) is 30.3 Å². The van der Waals surface area contributed by atoms with E-state index in [4.69, 9.17) is 14.0 Å². The van der Waals surface area contributed by atoms with Crippen LogP contribution in [0.15, 0.2) is 22.7 Å². The summed E-state index contributed by atoms with van der Waals surface area (Å²) in [4.78, 5) is 16.8. The van der Waals surface area contributed by atoms with Crippen molar-refractivity contribution in [2.75, 3.05) is 14.2 Å². The number of carbonyl (C=O) groups is 1. The van der Waals surface area contributed by atoms with E-state index < -0.39 is 0 Å². The molecule has 0 bridgehead atoms. The molecule has 0 saturated heterocycles. The van der Waals surface area contributed by atoms with Crippen LogP contribution >= 0.6 is 0 Å². The summed E-state index contributed by atoms with van der Waals surface area (Å²) in [6.07, 6.45) is 3.03. The summed E-state index contributed by atoms with van der Waals surface area (Å²) >= 11 is 0. The lowest BCUT2D eigenvalue weighted by Crippen LogP contribution is -2.38. The predicted octanol–water partition coefficient (Wildman–Crippen LogP) is 3.37. The zero-order valence-electron chi connectivity index (χ0n) is 15.6. The molecule has 1 heterocycles. The fourth-order valence-corrected chi connectivity index (χ4v) is 2.91. The van der Waals surface area contributed by atoms with Crippen molar-refractivity contribution in [3.05, 3.63) is 24.1 Å². The summed E-state index contributed by atoms with van der Waals surface area (Å²) in [5.74, 6) is 2.41. The van der Waals surface area contributed by atoms with Gasteiger partial charge in [0.15, 0.2) is 11.5 Å². The van der Waals surface area contributed by atoms with Gasteiger partial charge in [0.05, 0.1) is 14.2 Å². The smallest absolute Gasteiger partial charge is 0.249 e. The molecule has 7 nitrogen and oxygen atoms in total. The van der Waals surface area contributed by atoms with E-state index in [-0.39, 0.29) is 23.8 Å². The zero-order valence-corrected chi connectivity index (χ0v) is 15.6. The van der Waals surface area contributed by atoms with E-state index in [1.807, 2.05) is 19.9 Å². The van der Waals surface area contributed by atoms with E-state index in [1.165, 1.54) is 0 Å². The van der Waals surface area contributed by atoms with Crippen molar-refractivity contribution >= 4 is 5.91 Å². The maximum absolute atomic E-state index is 12.3. The molecule has 2 aromatic rings. The minimum atomic E-state index is -0.301. The zero-order chi connectivity index (χ0) is 18.7. The fraction of sp³-hybridized carbons (Fsp3) is 0.526. The monoisotopic (exact) mass is 359 g/mol. The lowest BCUT2D eigenvalue weighted by atomic mass is 9.84. The molecular formula is C19H25N3O4. The van der Waals surface area contributed by atoms with Crippen LogP contribution in [-0.2, 0) is 4.79 Å². The van der Waals surface area contributed by atoms with Crippen molar-refractivity contribution in [1.29, 1.82) is 0 Å². The van der Waals surface area contributed by atoms with Gasteiger partial charge in [-0.05, 0) is 37.0 Å². The number of nitrogens with one attached hydrogen (secondary N) is 1. The highest BCUT2D eigenvalue weighted by Crippen LogP contribution is 2.32. The third-order valence-electron chi connectivity index (χ3n) is 4.79. The van der Waals surface area contributed by atoms with Gasteiger partial charge in [0.1, 0.15) is 6.04 Å². The fourth-order valence-electron chi connectivity index (χ4n) is 2.91. The van der Waals surface area contributed by atoms with Gasteiger partial charge in [0.25, 0.3) is 0 Å². The molecule has 1 aromatic heterocycles. The Bertz CT molecular complexity index is 768. The number of hydrogen-bond acceptors (Lipinski definition) is 6. The number of hydrogen-bond donors (Lipinski definition) is 1. The Morgan fingerprint density at radius 2 is 1.96 bits per heavy atom. The normalized spacial score (nSPS) is 15.4.